The molecule has 2 aromatic carbocycles. The minimum absolute atomic E-state index is 0.0563. The van der Waals surface area contributed by atoms with Crippen LogP contribution in [0.3, 0.4) is 0 Å². The third kappa shape index (κ3) is 12.1. The molecule has 0 aromatic heterocycles. The molecule has 0 saturated heterocycles. The Morgan fingerprint density at radius 1 is 0.905 bits per heavy atom. The second kappa shape index (κ2) is 18.1. The molecular weight excluding hydrogens is 578 g/mol. The lowest BCUT2D eigenvalue weighted by molar-refractivity contribution is -0.387. The molecule has 0 bridgehead atoms. The number of nitro benzene ring substituents is 1. The lowest BCUT2D eigenvalue weighted by Gasteiger charge is -2.25. The van der Waals surface area contributed by atoms with Crippen molar-refractivity contribution in [2.75, 3.05) is 13.6 Å². The fourth-order valence-electron chi connectivity index (χ4n) is 4.04. The van der Waals surface area contributed by atoms with E-state index in [0.29, 0.717) is 30.7 Å². The number of likely N-dealkylation sites (N-methyl/N-ethyl adjacent to an activating group) is 1. The van der Waals surface area contributed by atoms with Crippen molar-refractivity contribution in [2.45, 2.75) is 68.7 Å². The molecule has 0 saturated carbocycles. The van der Waals surface area contributed by atoms with Gasteiger partial charge in [0, 0.05) is 33.0 Å². The fourth-order valence-corrected chi connectivity index (χ4v) is 6.67. The van der Waals surface area contributed by atoms with Crippen molar-refractivity contribution in [3.05, 3.63) is 70.3 Å². The first-order valence-corrected chi connectivity index (χ1v) is 15.9. The van der Waals surface area contributed by atoms with Crippen molar-refractivity contribution in [1.82, 2.24) is 21.3 Å². The van der Waals surface area contributed by atoms with Crippen molar-refractivity contribution in [3.8, 4) is 0 Å². The van der Waals surface area contributed by atoms with Gasteiger partial charge < -0.3 is 21.3 Å². The highest BCUT2D eigenvalue weighted by molar-refractivity contribution is 8.77. The van der Waals surface area contributed by atoms with Crippen LogP contribution in [0.4, 0.5) is 5.69 Å². The van der Waals surface area contributed by atoms with Gasteiger partial charge in [-0.15, -0.1) is 0 Å². The Labute approximate surface area is 254 Å². The first-order valence-electron chi connectivity index (χ1n) is 13.7. The number of carbonyl (C=O) groups is 4. The Hall–Kier alpha value is -3.58. The van der Waals surface area contributed by atoms with Crippen LogP contribution in [0.2, 0.25) is 0 Å². The van der Waals surface area contributed by atoms with E-state index >= 15 is 0 Å². The monoisotopic (exact) mass is 617 g/mol. The Kier molecular flexibility index (Phi) is 14.9. The molecule has 0 spiro atoms. The van der Waals surface area contributed by atoms with Gasteiger partial charge in [-0.3, -0.25) is 29.3 Å². The third-order valence-electron chi connectivity index (χ3n) is 6.13. The van der Waals surface area contributed by atoms with Gasteiger partial charge in [-0.05, 0) is 47.6 Å². The average Bonchev–Trinajstić information content (AvgIpc) is 2.95. The number of amides is 4. The predicted octanol–water partition coefficient (Wildman–Crippen LogP) is 3.62. The number of nitro groups is 1. The van der Waals surface area contributed by atoms with Crippen LogP contribution in [0.1, 0.15) is 45.6 Å². The Morgan fingerprint density at radius 3 is 2.17 bits per heavy atom. The minimum atomic E-state index is -0.907. The summed E-state index contributed by atoms with van der Waals surface area (Å²) in [5, 5.41) is 21.7. The highest BCUT2D eigenvalue weighted by Gasteiger charge is 2.30. The van der Waals surface area contributed by atoms with Crippen LogP contribution >= 0.6 is 21.6 Å². The van der Waals surface area contributed by atoms with Crippen LogP contribution in [0, 0.1) is 16.0 Å². The van der Waals surface area contributed by atoms with E-state index in [-0.39, 0.29) is 29.8 Å². The number of hydrogen-bond donors (Lipinski definition) is 4. The minimum Gasteiger partial charge on any atom is -0.357 e. The second-order valence-electron chi connectivity index (χ2n) is 10.1. The van der Waals surface area contributed by atoms with Crippen molar-refractivity contribution in [2.24, 2.45) is 5.92 Å². The molecule has 0 heterocycles. The first-order chi connectivity index (χ1) is 20.0. The standard InChI is InChI=1S/C29H39N5O6S2/c1-19(2)17-22(28(37)32-23(27(36)30-4)18-21-11-6-5-7-12-21)33-29(38)26(15-10-16-31-20(3)35)42-41-25-14-9-8-13-24(25)34(39)40/h5-9,11-14,19,22-23,26H,10,15-18H2,1-4H3,(H,30,36)(H,31,35)(H,32,37)(H,33,38)/t22?,23-,26?/m0/s1. The van der Waals surface area contributed by atoms with Gasteiger partial charge >= 0.3 is 0 Å². The van der Waals surface area contributed by atoms with E-state index in [4.69, 9.17) is 0 Å². The first kappa shape index (κ1) is 34.6. The number of para-hydroxylation sites is 1. The summed E-state index contributed by atoms with van der Waals surface area (Å²) in [6.07, 6.45) is 1.46. The van der Waals surface area contributed by atoms with Crippen LogP contribution in [-0.4, -0.2) is 59.5 Å². The smallest absolute Gasteiger partial charge is 0.283 e. The molecule has 2 aromatic rings. The lowest BCUT2D eigenvalue weighted by atomic mass is 10.0. The van der Waals surface area contributed by atoms with Crippen molar-refractivity contribution in [3.63, 3.8) is 0 Å². The number of rotatable bonds is 17. The van der Waals surface area contributed by atoms with Crippen LogP contribution < -0.4 is 21.3 Å². The zero-order chi connectivity index (χ0) is 31.1. The van der Waals surface area contributed by atoms with E-state index in [0.717, 1.165) is 27.2 Å². The van der Waals surface area contributed by atoms with Crippen molar-refractivity contribution >= 4 is 50.9 Å². The van der Waals surface area contributed by atoms with Gasteiger partial charge in [0.2, 0.25) is 23.6 Å². The van der Waals surface area contributed by atoms with Crippen molar-refractivity contribution < 1.29 is 24.1 Å². The fraction of sp³-hybridized carbons (Fsp3) is 0.448. The largest absolute Gasteiger partial charge is 0.357 e. The van der Waals surface area contributed by atoms with E-state index in [1.165, 1.54) is 20.0 Å². The summed E-state index contributed by atoms with van der Waals surface area (Å²) >= 11 is 0. The van der Waals surface area contributed by atoms with Gasteiger partial charge in [-0.2, -0.15) is 0 Å². The Morgan fingerprint density at radius 2 is 1.55 bits per heavy atom. The molecular formula is C29H39N5O6S2. The molecule has 4 N–H and O–H groups in total. The topological polar surface area (TPSA) is 160 Å². The predicted molar refractivity (Wildman–Crippen MR) is 166 cm³/mol. The van der Waals surface area contributed by atoms with Gasteiger partial charge in [0.25, 0.3) is 5.69 Å². The highest BCUT2D eigenvalue weighted by atomic mass is 33.1. The van der Waals surface area contributed by atoms with Crippen LogP contribution in [0.25, 0.3) is 0 Å². The van der Waals surface area contributed by atoms with E-state index in [1.54, 1.807) is 18.2 Å². The summed E-state index contributed by atoms with van der Waals surface area (Å²) in [6, 6.07) is 13.8. The van der Waals surface area contributed by atoms with Gasteiger partial charge in [-0.1, -0.05) is 67.1 Å². The number of benzene rings is 2. The molecule has 2 unspecified atom stereocenters. The quantitative estimate of drug-likeness (QED) is 0.0907. The summed E-state index contributed by atoms with van der Waals surface area (Å²) < 4.78 is 0. The van der Waals surface area contributed by atoms with E-state index in [2.05, 4.69) is 21.3 Å². The zero-order valence-electron chi connectivity index (χ0n) is 24.3. The molecule has 2 rings (SSSR count). The van der Waals surface area contributed by atoms with Crippen LogP contribution in [0.15, 0.2) is 59.5 Å². The molecule has 13 heteroatoms. The molecule has 0 radical (unpaired) electrons. The summed E-state index contributed by atoms with van der Waals surface area (Å²) in [4.78, 5) is 62.3. The molecule has 0 aliphatic carbocycles. The molecule has 42 heavy (non-hydrogen) atoms. The van der Waals surface area contributed by atoms with Gasteiger partial charge in [0.15, 0.2) is 0 Å². The molecule has 4 amide bonds. The van der Waals surface area contributed by atoms with E-state index in [1.807, 2.05) is 44.2 Å². The summed E-state index contributed by atoms with van der Waals surface area (Å²) in [6.45, 7) is 5.62. The summed E-state index contributed by atoms with van der Waals surface area (Å²) in [5.74, 6) is -1.37. The molecule has 0 fully saturated rings. The zero-order valence-corrected chi connectivity index (χ0v) is 25.9. The van der Waals surface area contributed by atoms with Gasteiger partial charge in [0.05, 0.1) is 15.1 Å². The molecule has 0 aliphatic rings. The highest BCUT2D eigenvalue weighted by Crippen LogP contribution is 2.40. The number of nitrogens with one attached hydrogen (secondary N) is 4. The molecule has 11 nitrogen and oxygen atoms in total. The summed E-state index contributed by atoms with van der Waals surface area (Å²) in [7, 11) is 3.78. The maximum absolute atomic E-state index is 13.5. The molecule has 228 valence electrons. The Bertz CT molecular complexity index is 1210. The summed E-state index contributed by atoms with van der Waals surface area (Å²) in [5.41, 5.74) is 0.807. The van der Waals surface area contributed by atoms with Crippen LogP contribution in [0.5, 0.6) is 0 Å². The number of carbonyl (C=O) groups excluding carboxylic acids is 4. The lowest BCUT2D eigenvalue weighted by Crippen LogP contribution is -2.55. The maximum Gasteiger partial charge on any atom is 0.283 e. The normalized spacial score (nSPS) is 13.0. The molecule has 3 atom stereocenters. The third-order valence-corrected chi connectivity index (χ3v) is 8.95. The number of hydrogen-bond acceptors (Lipinski definition) is 8. The molecule has 0 aliphatic heterocycles. The van der Waals surface area contributed by atoms with Gasteiger partial charge in [0.1, 0.15) is 12.1 Å². The van der Waals surface area contributed by atoms with E-state index in [9.17, 15) is 29.3 Å². The van der Waals surface area contributed by atoms with Gasteiger partial charge in [-0.25, -0.2) is 0 Å². The number of nitrogens with zero attached hydrogens (tertiary/aromatic N) is 1. The second-order valence-corrected chi connectivity index (χ2v) is 12.5. The maximum atomic E-state index is 13.5. The average molecular weight is 618 g/mol. The van der Waals surface area contributed by atoms with Crippen LogP contribution in [-0.2, 0) is 25.6 Å². The van der Waals surface area contributed by atoms with Crippen molar-refractivity contribution in [1.29, 1.82) is 0 Å². The SMILES string of the molecule is CNC(=O)[C@H](Cc1ccccc1)NC(=O)C(CC(C)C)NC(=O)C(CCCNC(C)=O)SSc1ccccc1[N+](=O)[O-]. The van der Waals surface area contributed by atoms with E-state index < -0.39 is 34.1 Å². The Balaban J connectivity index is 2.20.